The topological polar surface area (TPSA) is 23.6 Å². The Balaban J connectivity index is 2.36. The number of rotatable bonds is 2. The lowest BCUT2D eigenvalue weighted by molar-refractivity contribution is -0.131. The van der Waals surface area contributed by atoms with Gasteiger partial charge in [-0.25, -0.2) is 0 Å². The van der Waals surface area contributed by atoms with Gasteiger partial charge in [-0.15, -0.1) is 6.42 Å². The largest absolute Gasteiger partial charge is 0.339 e. The van der Waals surface area contributed by atoms with Gasteiger partial charge in [-0.05, 0) is 6.92 Å². The van der Waals surface area contributed by atoms with Crippen LogP contribution in [-0.4, -0.2) is 53.3 Å². The van der Waals surface area contributed by atoms with E-state index in [9.17, 15) is 4.79 Å². The third-order valence-corrected chi connectivity index (χ3v) is 2.73. The number of nitrogens with zero attached hydrogens (tertiary/aromatic N) is 2. The maximum absolute atomic E-state index is 11.6. The Bertz CT molecular complexity index is 239. The Morgan fingerprint density at radius 2 is 2.07 bits per heavy atom. The minimum absolute atomic E-state index is 0.0818. The lowest BCUT2D eigenvalue weighted by Gasteiger charge is -2.34. The van der Waals surface area contributed by atoms with Gasteiger partial charge in [-0.1, -0.05) is 21.9 Å². The first-order valence-corrected chi connectivity index (χ1v) is 5.65. The molecule has 1 unspecified atom stereocenters. The molecule has 0 N–H and O–H groups in total. The van der Waals surface area contributed by atoms with Gasteiger partial charge in [-0.3, -0.25) is 9.69 Å². The van der Waals surface area contributed by atoms with Crippen molar-refractivity contribution in [3.63, 3.8) is 0 Å². The van der Waals surface area contributed by atoms with E-state index in [4.69, 9.17) is 6.42 Å². The van der Waals surface area contributed by atoms with Gasteiger partial charge in [0, 0.05) is 26.2 Å². The Labute approximate surface area is 93.6 Å². The Hall–Kier alpha value is -0.530. The van der Waals surface area contributed by atoms with E-state index < -0.39 is 0 Å². The van der Waals surface area contributed by atoms with E-state index in [0.717, 1.165) is 26.2 Å². The summed E-state index contributed by atoms with van der Waals surface area (Å²) in [5.74, 6) is 2.79. The van der Waals surface area contributed by atoms with E-state index in [0.29, 0.717) is 6.54 Å². The maximum Gasteiger partial charge on any atom is 0.236 e. The zero-order chi connectivity index (χ0) is 10.6. The van der Waals surface area contributed by atoms with E-state index in [1.54, 1.807) is 0 Å². The number of hydrogen-bond donors (Lipinski definition) is 0. The summed E-state index contributed by atoms with van der Waals surface area (Å²) in [5, 5.41) is 0. The quantitative estimate of drug-likeness (QED) is 0.534. The van der Waals surface area contributed by atoms with Crippen LogP contribution in [0, 0.1) is 12.3 Å². The summed E-state index contributed by atoms with van der Waals surface area (Å²) in [6.45, 7) is 5.89. The molecule has 0 radical (unpaired) electrons. The minimum Gasteiger partial charge on any atom is -0.339 e. The Kier molecular flexibility index (Phi) is 4.43. The average molecular weight is 259 g/mol. The second kappa shape index (κ2) is 5.38. The molecule has 0 spiro atoms. The molecule has 1 saturated heterocycles. The van der Waals surface area contributed by atoms with Gasteiger partial charge < -0.3 is 4.90 Å². The molecule has 1 rings (SSSR count). The summed E-state index contributed by atoms with van der Waals surface area (Å²) in [4.78, 5) is 15.6. The first kappa shape index (κ1) is 11.5. The molecule has 4 heteroatoms. The highest BCUT2D eigenvalue weighted by atomic mass is 79.9. The molecular weight excluding hydrogens is 244 g/mol. The third kappa shape index (κ3) is 3.00. The molecule has 0 aromatic carbocycles. The van der Waals surface area contributed by atoms with Gasteiger partial charge >= 0.3 is 0 Å². The number of piperazine rings is 1. The molecule has 1 aliphatic heterocycles. The van der Waals surface area contributed by atoms with Crippen molar-refractivity contribution in [3.05, 3.63) is 0 Å². The zero-order valence-corrected chi connectivity index (χ0v) is 9.96. The first-order valence-electron chi connectivity index (χ1n) is 4.74. The van der Waals surface area contributed by atoms with Crippen molar-refractivity contribution < 1.29 is 4.79 Å². The molecule has 3 nitrogen and oxygen atoms in total. The fourth-order valence-corrected chi connectivity index (χ4v) is 1.80. The van der Waals surface area contributed by atoms with E-state index in [1.807, 2.05) is 11.8 Å². The molecule has 1 atom stereocenters. The van der Waals surface area contributed by atoms with Crippen molar-refractivity contribution in [3.8, 4) is 12.3 Å². The van der Waals surface area contributed by atoms with Crippen LogP contribution in [0.25, 0.3) is 0 Å². The molecule has 0 aromatic rings. The summed E-state index contributed by atoms with van der Waals surface area (Å²) in [7, 11) is 0. The molecule has 14 heavy (non-hydrogen) atoms. The van der Waals surface area contributed by atoms with Crippen LogP contribution in [-0.2, 0) is 4.79 Å². The number of hydrogen-bond acceptors (Lipinski definition) is 2. The molecule has 0 bridgehead atoms. The van der Waals surface area contributed by atoms with Crippen molar-refractivity contribution in [2.24, 2.45) is 0 Å². The van der Waals surface area contributed by atoms with E-state index >= 15 is 0 Å². The summed E-state index contributed by atoms with van der Waals surface area (Å²) in [5.41, 5.74) is 0. The monoisotopic (exact) mass is 258 g/mol. The number of carbonyl (C=O) groups excluding carboxylic acids is 1. The van der Waals surface area contributed by atoms with Crippen LogP contribution in [0.1, 0.15) is 6.92 Å². The highest BCUT2D eigenvalue weighted by Crippen LogP contribution is 2.07. The Morgan fingerprint density at radius 1 is 1.50 bits per heavy atom. The van der Waals surface area contributed by atoms with Crippen LogP contribution in [0.3, 0.4) is 0 Å². The van der Waals surface area contributed by atoms with E-state index in [1.165, 1.54) is 0 Å². The standard InChI is InChI=1S/C10H15BrN2O/c1-3-4-12-5-7-13(8-6-12)10(14)9(2)11/h1,9H,4-8H2,2H3. The number of carbonyl (C=O) groups is 1. The number of halogens is 1. The first-order chi connectivity index (χ1) is 6.65. The van der Waals surface area contributed by atoms with Crippen LogP contribution in [0.4, 0.5) is 0 Å². The van der Waals surface area contributed by atoms with Gasteiger partial charge in [0.25, 0.3) is 0 Å². The van der Waals surface area contributed by atoms with E-state index in [-0.39, 0.29) is 10.7 Å². The van der Waals surface area contributed by atoms with Crippen molar-refractivity contribution in [1.82, 2.24) is 9.80 Å². The molecule has 0 aromatic heterocycles. The predicted octanol–water partition coefficient (Wildman–Crippen LogP) is 0.547. The van der Waals surface area contributed by atoms with Crippen molar-refractivity contribution in [1.29, 1.82) is 0 Å². The highest BCUT2D eigenvalue weighted by Gasteiger charge is 2.22. The summed E-state index contributed by atoms with van der Waals surface area (Å²) < 4.78 is 0. The SMILES string of the molecule is C#CCN1CCN(C(=O)C(C)Br)CC1. The zero-order valence-electron chi connectivity index (χ0n) is 8.37. The second-order valence-electron chi connectivity index (χ2n) is 3.42. The number of terminal acetylenes is 1. The fraction of sp³-hybridized carbons (Fsp3) is 0.700. The molecular formula is C10H15BrN2O. The number of amides is 1. The molecule has 1 heterocycles. The molecule has 1 amide bonds. The van der Waals surface area contributed by atoms with Crippen molar-refractivity contribution in [2.75, 3.05) is 32.7 Å². The lowest BCUT2D eigenvalue weighted by atomic mass is 10.3. The van der Waals surface area contributed by atoms with Gasteiger partial charge in [0.1, 0.15) is 0 Å². The Morgan fingerprint density at radius 3 is 2.50 bits per heavy atom. The van der Waals surface area contributed by atoms with E-state index in [2.05, 4.69) is 26.8 Å². The van der Waals surface area contributed by atoms with Crippen molar-refractivity contribution >= 4 is 21.8 Å². The molecule has 1 fully saturated rings. The lowest BCUT2D eigenvalue weighted by Crippen LogP contribution is -2.50. The van der Waals surface area contributed by atoms with Crippen LogP contribution in [0.15, 0.2) is 0 Å². The molecule has 0 saturated carbocycles. The predicted molar refractivity (Wildman–Crippen MR) is 60.2 cm³/mol. The van der Waals surface area contributed by atoms with Gasteiger partial charge in [0.15, 0.2) is 0 Å². The van der Waals surface area contributed by atoms with Crippen molar-refractivity contribution in [2.45, 2.75) is 11.8 Å². The van der Waals surface area contributed by atoms with Gasteiger partial charge in [0.05, 0.1) is 11.4 Å². The minimum atomic E-state index is -0.0818. The number of alkyl halides is 1. The van der Waals surface area contributed by atoms with Crippen LogP contribution < -0.4 is 0 Å². The summed E-state index contributed by atoms with van der Waals surface area (Å²) >= 11 is 3.28. The fourth-order valence-electron chi connectivity index (χ4n) is 1.51. The molecule has 1 aliphatic rings. The van der Waals surface area contributed by atoms with Crippen LogP contribution >= 0.6 is 15.9 Å². The highest BCUT2D eigenvalue weighted by molar-refractivity contribution is 9.10. The normalized spacial score (nSPS) is 20.2. The summed E-state index contributed by atoms with van der Waals surface area (Å²) in [6.07, 6.45) is 5.22. The maximum atomic E-state index is 11.6. The average Bonchev–Trinajstić information content (AvgIpc) is 2.18. The third-order valence-electron chi connectivity index (χ3n) is 2.34. The van der Waals surface area contributed by atoms with Crippen LogP contribution in [0.5, 0.6) is 0 Å². The second-order valence-corrected chi connectivity index (χ2v) is 4.80. The summed E-state index contributed by atoms with van der Waals surface area (Å²) in [6, 6.07) is 0. The van der Waals surface area contributed by atoms with Crippen LogP contribution in [0.2, 0.25) is 0 Å². The van der Waals surface area contributed by atoms with Gasteiger partial charge in [0.2, 0.25) is 5.91 Å². The molecule has 0 aliphatic carbocycles. The molecule has 78 valence electrons. The smallest absolute Gasteiger partial charge is 0.236 e. The van der Waals surface area contributed by atoms with Gasteiger partial charge in [-0.2, -0.15) is 0 Å².